The van der Waals surface area contributed by atoms with Crippen LogP contribution in [0.25, 0.3) is 10.2 Å². The van der Waals surface area contributed by atoms with Crippen LogP contribution in [-0.4, -0.2) is 55.9 Å². The zero-order chi connectivity index (χ0) is 15.7. The molecule has 2 saturated heterocycles. The summed E-state index contributed by atoms with van der Waals surface area (Å²) in [6, 6.07) is 6.77. The minimum absolute atomic E-state index is 0.682. The lowest BCUT2D eigenvalue weighted by atomic mass is 10.1. The molecule has 0 amide bonds. The fourth-order valence-electron chi connectivity index (χ4n) is 3.52. The lowest BCUT2D eigenvalue weighted by Crippen LogP contribution is -2.32. The second kappa shape index (κ2) is 6.32. The molecular formula is C16H22N4OS. The Labute approximate surface area is 134 Å². The lowest BCUT2D eigenvalue weighted by Gasteiger charge is -2.21. The Bertz CT molecular complexity index is 671. The summed E-state index contributed by atoms with van der Waals surface area (Å²) in [7, 11) is 3.72. The number of thiophene rings is 1. The van der Waals surface area contributed by atoms with Gasteiger partial charge in [-0.2, -0.15) is 0 Å². The third-order valence-corrected chi connectivity index (χ3v) is 5.62. The molecule has 22 heavy (non-hydrogen) atoms. The number of carbonyl (C=O) groups excluding carboxylic acids is 1. The maximum absolute atomic E-state index is 10.9. The van der Waals surface area contributed by atoms with Crippen LogP contribution in [0.5, 0.6) is 0 Å². The van der Waals surface area contributed by atoms with E-state index in [0.717, 1.165) is 46.2 Å². The van der Waals surface area contributed by atoms with Crippen LogP contribution in [-0.2, 0) is 0 Å². The van der Waals surface area contributed by atoms with E-state index in [4.69, 9.17) is 4.98 Å². The maximum Gasteiger partial charge on any atom is 0.160 e. The maximum atomic E-state index is 10.9. The van der Waals surface area contributed by atoms with Crippen molar-refractivity contribution in [2.24, 2.45) is 11.7 Å². The molecule has 2 aromatic rings. The second-order valence-electron chi connectivity index (χ2n) is 5.83. The number of likely N-dealkylation sites (N-methyl/N-ethyl adjacent to an activating group) is 1. The molecule has 2 N–H and O–H groups in total. The zero-order valence-corrected chi connectivity index (χ0v) is 13.8. The number of nitrogens with two attached hydrogens (primary N) is 1. The summed E-state index contributed by atoms with van der Waals surface area (Å²) in [6.07, 6.45) is 2.20. The summed E-state index contributed by atoms with van der Waals surface area (Å²) in [5.41, 5.74) is 4.50. The molecule has 6 heteroatoms. The van der Waals surface area contributed by atoms with E-state index in [1.165, 1.54) is 31.4 Å². The van der Waals surface area contributed by atoms with Gasteiger partial charge in [-0.05, 0) is 51.2 Å². The summed E-state index contributed by atoms with van der Waals surface area (Å²) in [5.74, 6) is 1.84. The standard InChI is InChI=1S/C15H17N3OS.CH5N/c1-17-5-4-11-7-18(8-13(11)17)14-3-2-10-6-12(9-19)20-15(10)16-14;1-2/h2-3,6,9,11,13H,4-5,7-8H2,1H3;2H2,1H3. The Hall–Kier alpha value is -1.50. The third-order valence-electron chi connectivity index (χ3n) is 4.65. The normalized spacial score (nSPS) is 24.2. The largest absolute Gasteiger partial charge is 0.355 e. The molecule has 2 unspecified atom stereocenters. The van der Waals surface area contributed by atoms with Gasteiger partial charge in [-0.25, -0.2) is 4.98 Å². The lowest BCUT2D eigenvalue weighted by molar-refractivity contribution is 0.112. The monoisotopic (exact) mass is 318 g/mol. The smallest absolute Gasteiger partial charge is 0.160 e. The highest BCUT2D eigenvalue weighted by Crippen LogP contribution is 2.33. The van der Waals surface area contributed by atoms with Crippen molar-refractivity contribution in [1.82, 2.24) is 9.88 Å². The first kappa shape index (κ1) is 15.4. The van der Waals surface area contributed by atoms with E-state index in [1.807, 2.05) is 6.07 Å². The number of pyridine rings is 1. The van der Waals surface area contributed by atoms with Crippen LogP contribution in [0.15, 0.2) is 18.2 Å². The fourth-order valence-corrected chi connectivity index (χ4v) is 4.36. The SMILES string of the molecule is CN.CN1CCC2CN(c3ccc4cc(C=O)sc4n3)CC21. The fraction of sp³-hybridized carbons (Fsp3) is 0.500. The summed E-state index contributed by atoms with van der Waals surface area (Å²) < 4.78 is 0. The number of nitrogens with zero attached hydrogens (tertiary/aromatic N) is 3. The molecule has 118 valence electrons. The van der Waals surface area contributed by atoms with E-state index in [0.29, 0.717) is 6.04 Å². The van der Waals surface area contributed by atoms with Crippen LogP contribution in [0.1, 0.15) is 16.1 Å². The third kappa shape index (κ3) is 2.62. The van der Waals surface area contributed by atoms with Gasteiger partial charge in [0.05, 0.1) is 4.88 Å². The van der Waals surface area contributed by atoms with Gasteiger partial charge in [-0.15, -0.1) is 11.3 Å². The van der Waals surface area contributed by atoms with Gasteiger partial charge in [0.15, 0.2) is 6.29 Å². The quantitative estimate of drug-likeness (QED) is 0.856. The number of carbonyl (C=O) groups is 1. The van der Waals surface area contributed by atoms with Gasteiger partial charge in [0.2, 0.25) is 0 Å². The molecule has 2 aliphatic rings. The average Bonchev–Trinajstić information content (AvgIpc) is 3.24. The molecule has 4 rings (SSSR count). The number of aromatic nitrogens is 1. The topological polar surface area (TPSA) is 62.5 Å². The van der Waals surface area contributed by atoms with E-state index < -0.39 is 0 Å². The summed E-state index contributed by atoms with van der Waals surface area (Å²) in [6.45, 7) is 3.41. The van der Waals surface area contributed by atoms with Crippen molar-refractivity contribution in [3.05, 3.63) is 23.1 Å². The molecule has 2 aromatic heterocycles. The number of rotatable bonds is 2. The molecule has 0 aromatic carbocycles. The number of likely N-dealkylation sites (tertiary alicyclic amines) is 1. The number of fused-ring (bicyclic) bond motifs is 2. The van der Waals surface area contributed by atoms with Gasteiger partial charge < -0.3 is 15.5 Å². The Morgan fingerprint density at radius 1 is 1.36 bits per heavy atom. The van der Waals surface area contributed by atoms with E-state index >= 15 is 0 Å². The summed E-state index contributed by atoms with van der Waals surface area (Å²) >= 11 is 1.48. The summed E-state index contributed by atoms with van der Waals surface area (Å²) in [5, 5.41) is 1.07. The highest BCUT2D eigenvalue weighted by molar-refractivity contribution is 7.20. The second-order valence-corrected chi connectivity index (χ2v) is 6.89. The van der Waals surface area contributed by atoms with Crippen LogP contribution in [0.4, 0.5) is 5.82 Å². The average molecular weight is 318 g/mol. The first-order valence-electron chi connectivity index (χ1n) is 7.63. The van der Waals surface area contributed by atoms with Crippen LogP contribution in [0.2, 0.25) is 0 Å². The van der Waals surface area contributed by atoms with E-state index in [2.05, 4.69) is 34.7 Å². The van der Waals surface area contributed by atoms with Crippen molar-refractivity contribution in [3.8, 4) is 0 Å². The molecule has 0 bridgehead atoms. The molecule has 2 atom stereocenters. The van der Waals surface area contributed by atoms with Crippen molar-refractivity contribution in [1.29, 1.82) is 0 Å². The minimum atomic E-state index is 0.682. The number of aldehydes is 1. The molecule has 0 aliphatic carbocycles. The van der Waals surface area contributed by atoms with Crippen molar-refractivity contribution in [3.63, 3.8) is 0 Å². The number of anilines is 1. The van der Waals surface area contributed by atoms with Crippen molar-refractivity contribution >= 4 is 33.7 Å². The van der Waals surface area contributed by atoms with E-state index in [-0.39, 0.29) is 0 Å². The van der Waals surface area contributed by atoms with E-state index in [1.54, 1.807) is 0 Å². The molecule has 0 saturated carbocycles. The van der Waals surface area contributed by atoms with Crippen LogP contribution >= 0.6 is 11.3 Å². The highest BCUT2D eigenvalue weighted by Gasteiger charge is 2.39. The van der Waals surface area contributed by atoms with Crippen molar-refractivity contribution in [2.75, 3.05) is 38.6 Å². The van der Waals surface area contributed by atoms with Gasteiger partial charge in [0.1, 0.15) is 10.6 Å². The molecule has 2 fully saturated rings. The van der Waals surface area contributed by atoms with Gasteiger partial charge in [0, 0.05) is 24.5 Å². The van der Waals surface area contributed by atoms with Crippen LogP contribution in [0.3, 0.4) is 0 Å². The van der Waals surface area contributed by atoms with Gasteiger partial charge in [0.25, 0.3) is 0 Å². The molecule has 5 nitrogen and oxygen atoms in total. The Kier molecular flexibility index (Phi) is 4.42. The molecule has 4 heterocycles. The number of hydrogen-bond donors (Lipinski definition) is 1. The number of hydrogen-bond acceptors (Lipinski definition) is 6. The first-order chi connectivity index (χ1) is 10.7. The predicted molar refractivity (Wildman–Crippen MR) is 91.9 cm³/mol. The zero-order valence-electron chi connectivity index (χ0n) is 13.0. The van der Waals surface area contributed by atoms with Crippen LogP contribution in [0, 0.1) is 5.92 Å². The Morgan fingerprint density at radius 3 is 2.91 bits per heavy atom. The van der Waals surface area contributed by atoms with Gasteiger partial charge in [-0.3, -0.25) is 4.79 Å². The van der Waals surface area contributed by atoms with Crippen molar-refractivity contribution < 1.29 is 4.79 Å². The predicted octanol–water partition coefficient (Wildman–Crippen LogP) is 1.82. The van der Waals surface area contributed by atoms with Crippen molar-refractivity contribution in [2.45, 2.75) is 12.5 Å². The van der Waals surface area contributed by atoms with E-state index in [9.17, 15) is 4.79 Å². The molecule has 0 spiro atoms. The molecular weight excluding hydrogens is 296 g/mol. The van der Waals surface area contributed by atoms with Gasteiger partial charge >= 0.3 is 0 Å². The Balaban J connectivity index is 0.000000693. The summed E-state index contributed by atoms with van der Waals surface area (Å²) in [4.78, 5) is 22.2. The first-order valence-corrected chi connectivity index (χ1v) is 8.45. The highest BCUT2D eigenvalue weighted by atomic mass is 32.1. The Morgan fingerprint density at radius 2 is 2.18 bits per heavy atom. The molecule has 2 aliphatic heterocycles. The van der Waals surface area contributed by atoms with Gasteiger partial charge in [-0.1, -0.05) is 0 Å². The molecule has 0 radical (unpaired) electrons. The van der Waals surface area contributed by atoms with Crippen LogP contribution < -0.4 is 10.6 Å². The minimum Gasteiger partial charge on any atom is -0.355 e.